The van der Waals surface area contributed by atoms with Gasteiger partial charge in [-0.05, 0) is 24.3 Å². The van der Waals surface area contributed by atoms with Gasteiger partial charge in [0, 0.05) is 28.0 Å². The highest BCUT2D eigenvalue weighted by molar-refractivity contribution is 9.10. The van der Waals surface area contributed by atoms with Crippen LogP contribution in [0.1, 0.15) is 5.56 Å². The van der Waals surface area contributed by atoms with Gasteiger partial charge in [-0.1, -0.05) is 15.9 Å². The highest BCUT2D eigenvalue weighted by Crippen LogP contribution is 2.35. The van der Waals surface area contributed by atoms with Crippen LogP contribution in [0.25, 0.3) is 10.9 Å². The lowest BCUT2D eigenvalue weighted by atomic mass is 10.1. The van der Waals surface area contributed by atoms with Gasteiger partial charge in [0.15, 0.2) is 11.5 Å². The first kappa shape index (κ1) is 17.3. The maximum absolute atomic E-state index is 5.47. The molecule has 1 N–H and O–H groups in total. The third-order valence-electron chi connectivity index (χ3n) is 3.83. The predicted octanol–water partition coefficient (Wildman–Crippen LogP) is 4.03. The number of benzene rings is 2. The Morgan fingerprint density at radius 1 is 0.920 bits per heavy atom. The molecule has 0 aliphatic rings. The van der Waals surface area contributed by atoms with E-state index in [1.165, 1.54) is 0 Å². The highest BCUT2D eigenvalue weighted by Gasteiger charge is 2.12. The van der Waals surface area contributed by atoms with Gasteiger partial charge in [-0.3, -0.25) is 0 Å². The summed E-state index contributed by atoms with van der Waals surface area (Å²) in [5, 5.41) is 4.29. The van der Waals surface area contributed by atoms with Crippen LogP contribution in [0.15, 0.2) is 41.1 Å². The minimum Gasteiger partial charge on any atom is -0.496 e. The molecule has 7 heteroatoms. The van der Waals surface area contributed by atoms with Crippen molar-refractivity contribution in [3.8, 4) is 17.2 Å². The molecule has 130 valence electrons. The molecule has 3 aromatic rings. The Hall–Kier alpha value is -2.54. The fraction of sp³-hybridized carbons (Fsp3) is 0.222. The van der Waals surface area contributed by atoms with Crippen LogP contribution < -0.4 is 19.5 Å². The Kier molecular flexibility index (Phi) is 5.23. The third-order valence-corrected chi connectivity index (χ3v) is 4.32. The van der Waals surface area contributed by atoms with Crippen molar-refractivity contribution in [1.29, 1.82) is 0 Å². The Morgan fingerprint density at radius 2 is 1.64 bits per heavy atom. The summed E-state index contributed by atoms with van der Waals surface area (Å²) in [6.45, 7) is 0.516. The largest absolute Gasteiger partial charge is 0.496 e. The van der Waals surface area contributed by atoms with E-state index in [1.54, 1.807) is 27.7 Å². The zero-order valence-corrected chi connectivity index (χ0v) is 15.8. The first-order chi connectivity index (χ1) is 12.2. The Labute approximate surface area is 154 Å². The van der Waals surface area contributed by atoms with E-state index in [2.05, 4.69) is 31.2 Å². The zero-order chi connectivity index (χ0) is 17.8. The molecule has 0 amide bonds. The van der Waals surface area contributed by atoms with Gasteiger partial charge in [0.25, 0.3) is 0 Å². The third kappa shape index (κ3) is 3.61. The van der Waals surface area contributed by atoms with E-state index in [0.29, 0.717) is 23.8 Å². The summed E-state index contributed by atoms with van der Waals surface area (Å²) in [5.74, 6) is 2.74. The zero-order valence-electron chi connectivity index (χ0n) is 14.2. The topological polar surface area (TPSA) is 65.5 Å². The quantitative estimate of drug-likeness (QED) is 0.669. The lowest BCUT2D eigenvalue weighted by Gasteiger charge is -2.15. The van der Waals surface area contributed by atoms with Crippen molar-refractivity contribution in [2.24, 2.45) is 0 Å². The monoisotopic (exact) mass is 403 g/mol. The summed E-state index contributed by atoms with van der Waals surface area (Å²) in [4.78, 5) is 8.64. The molecule has 25 heavy (non-hydrogen) atoms. The number of hydrogen-bond donors (Lipinski definition) is 1. The average Bonchev–Trinajstić information content (AvgIpc) is 2.65. The van der Waals surface area contributed by atoms with Crippen LogP contribution in [0, 0.1) is 0 Å². The number of halogens is 1. The molecule has 1 aromatic heterocycles. The van der Waals surface area contributed by atoms with Gasteiger partial charge < -0.3 is 19.5 Å². The van der Waals surface area contributed by atoms with Crippen LogP contribution in [-0.2, 0) is 6.54 Å². The van der Waals surface area contributed by atoms with Crippen LogP contribution >= 0.6 is 15.9 Å². The molecule has 0 aliphatic carbocycles. The molecule has 0 radical (unpaired) electrons. The van der Waals surface area contributed by atoms with Gasteiger partial charge in [-0.2, -0.15) is 0 Å². The van der Waals surface area contributed by atoms with Crippen LogP contribution in [0.5, 0.6) is 17.2 Å². The maximum atomic E-state index is 5.47. The lowest BCUT2D eigenvalue weighted by Crippen LogP contribution is -2.05. The molecule has 0 saturated carbocycles. The highest BCUT2D eigenvalue weighted by atomic mass is 79.9. The van der Waals surface area contributed by atoms with E-state index in [0.717, 1.165) is 26.8 Å². The van der Waals surface area contributed by atoms with Crippen LogP contribution in [0.2, 0.25) is 0 Å². The summed E-state index contributed by atoms with van der Waals surface area (Å²) in [7, 11) is 4.83. The predicted molar refractivity (Wildman–Crippen MR) is 101 cm³/mol. The van der Waals surface area contributed by atoms with Crippen LogP contribution in [-0.4, -0.2) is 31.3 Å². The summed E-state index contributed by atoms with van der Waals surface area (Å²) in [6, 6.07) is 9.59. The fourth-order valence-electron chi connectivity index (χ4n) is 2.58. The van der Waals surface area contributed by atoms with Crippen molar-refractivity contribution in [1.82, 2.24) is 9.97 Å². The van der Waals surface area contributed by atoms with Gasteiger partial charge in [-0.25, -0.2) is 9.97 Å². The Morgan fingerprint density at radius 3 is 2.36 bits per heavy atom. The minimum absolute atomic E-state index is 0.516. The molecule has 0 saturated heterocycles. The summed E-state index contributed by atoms with van der Waals surface area (Å²) in [5.41, 5.74) is 1.81. The molecule has 1 heterocycles. The van der Waals surface area contributed by atoms with Crippen molar-refractivity contribution < 1.29 is 14.2 Å². The van der Waals surface area contributed by atoms with Crippen molar-refractivity contribution in [3.05, 3.63) is 46.7 Å². The van der Waals surface area contributed by atoms with Crippen molar-refractivity contribution in [2.45, 2.75) is 6.54 Å². The molecule has 0 spiro atoms. The standard InChI is InChI=1S/C18H18BrN3O3/c1-23-15-8-17(25-3)16(24-2)6-11(15)9-20-18-13-7-12(19)4-5-14(13)21-10-22-18/h4-8,10H,9H2,1-3H3,(H,20,21,22). The molecule has 6 nitrogen and oxygen atoms in total. The fourth-order valence-corrected chi connectivity index (χ4v) is 2.94. The molecule has 0 atom stereocenters. The van der Waals surface area contributed by atoms with Crippen molar-refractivity contribution >= 4 is 32.7 Å². The average molecular weight is 404 g/mol. The van der Waals surface area contributed by atoms with E-state index < -0.39 is 0 Å². The van der Waals surface area contributed by atoms with E-state index in [1.807, 2.05) is 30.3 Å². The molecular formula is C18H18BrN3O3. The SMILES string of the molecule is COc1cc(OC)c(OC)cc1CNc1ncnc2ccc(Br)cc12. The molecule has 3 rings (SSSR count). The van der Waals surface area contributed by atoms with Gasteiger partial charge >= 0.3 is 0 Å². The second kappa shape index (κ2) is 7.57. The van der Waals surface area contributed by atoms with E-state index in [9.17, 15) is 0 Å². The molecule has 0 aliphatic heterocycles. The molecule has 0 bridgehead atoms. The number of hydrogen-bond acceptors (Lipinski definition) is 6. The Balaban J connectivity index is 1.92. The van der Waals surface area contributed by atoms with E-state index in [-0.39, 0.29) is 0 Å². The van der Waals surface area contributed by atoms with Gasteiger partial charge in [0.2, 0.25) is 0 Å². The van der Waals surface area contributed by atoms with Gasteiger partial charge in [0.05, 0.1) is 26.8 Å². The smallest absolute Gasteiger partial charge is 0.164 e. The lowest BCUT2D eigenvalue weighted by molar-refractivity contribution is 0.347. The molecule has 0 fully saturated rings. The summed E-state index contributed by atoms with van der Waals surface area (Å²) >= 11 is 3.49. The van der Waals surface area contributed by atoms with Crippen molar-refractivity contribution in [2.75, 3.05) is 26.6 Å². The number of ether oxygens (including phenoxy) is 3. The summed E-state index contributed by atoms with van der Waals surface area (Å²) in [6.07, 6.45) is 1.55. The normalized spacial score (nSPS) is 10.6. The number of nitrogens with one attached hydrogen (secondary N) is 1. The van der Waals surface area contributed by atoms with E-state index >= 15 is 0 Å². The van der Waals surface area contributed by atoms with E-state index in [4.69, 9.17) is 14.2 Å². The van der Waals surface area contributed by atoms with Gasteiger partial charge in [-0.15, -0.1) is 0 Å². The number of aromatic nitrogens is 2. The minimum atomic E-state index is 0.516. The number of nitrogens with zero attached hydrogens (tertiary/aromatic N) is 2. The first-order valence-electron chi connectivity index (χ1n) is 7.59. The van der Waals surface area contributed by atoms with Crippen LogP contribution in [0.3, 0.4) is 0 Å². The molecule has 0 unspecified atom stereocenters. The molecule has 2 aromatic carbocycles. The van der Waals surface area contributed by atoms with Crippen LogP contribution in [0.4, 0.5) is 5.82 Å². The second-order valence-corrected chi connectivity index (χ2v) is 6.17. The summed E-state index contributed by atoms with van der Waals surface area (Å²) < 4.78 is 17.1. The number of methoxy groups -OCH3 is 3. The number of anilines is 1. The molecular weight excluding hydrogens is 386 g/mol. The Bertz CT molecular complexity index is 902. The second-order valence-electron chi connectivity index (χ2n) is 5.26. The maximum Gasteiger partial charge on any atom is 0.164 e. The van der Waals surface area contributed by atoms with Gasteiger partial charge in [0.1, 0.15) is 17.9 Å². The number of fused-ring (bicyclic) bond motifs is 1. The van der Waals surface area contributed by atoms with Crippen molar-refractivity contribution in [3.63, 3.8) is 0 Å². The number of rotatable bonds is 6. The first-order valence-corrected chi connectivity index (χ1v) is 8.38.